The van der Waals surface area contributed by atoms with E-state index in [0.717, 1.165) is 9.75 Å². The first-order chi connectivity index (χ1) is 8.12. The lowest BCUT2D eigenvalue weighted by Crippen LogP contribution is -2.21. The van der Waals surface area contributed by atoms with E-state index in [1.54, 1.807) is 23.8 Å². The molecule has 0 radical (unpaired) electrons. The predicted octanol–water partition coefficient (Wildman–Crippen LogP) is 1.14. The minimum atomic E-state index is -3.43. The molecule has 2 rings (SSSR count). The van der Waals surface area contributed by atoms with Gasteiger partial charge in [0.15, 0.2) is 0 Å². The fraction of sp³-hybridized carbons (Fsp3) is 0.222. The molecule has 5 nitrogen and oxygen atoms in total. The van der Waals surface area contributed by atoms with E-state index in [1.807, 2.05) is 0 Å². The summed E-state index contributed by atoms with van der Waals surface area (Å²) in [5.41, 5.74) is 7.11. The second-order valence-electron chi connectivity index (χ2n) is 3.22. The third-order valence-corrected chi connectivity index (χ3v) is 5.80. The highest BCUT2D eigenvalue weighted by Crippen LogP contribution is 2.21. The Labute approximate surface area is 107 Å². The highest BCUT2D eigenvalue weighted by Gasteiger charge is 2.16. The summed E-state index contributed by atoms with van der Waals surface area (Å²) in [6, 6.07) is 3.30. The number of hydrogen-bond donors (Lipinski definition) is 2. The van der Waals surface area contributed by atoms with Crippen LogP contribution in [0.3, 0.4) is 0 Å². The summed E-state index contributed by atoms with van der Waals surface area (Å²) in [5, 5.41) is 0. The van der Waals surface area contributed by atoms with Gasteiger partial charge in [0.2, 0.25) is 10.0 Å². The molecule has 3 N–H and O–H groups in total. The average molecular weight is 289 g/mol. The van der Waals surface area contributed by atoms with Gasteiger partial charge in [-0.25, -0.2) is 13.1 Å². The van der Waals surface area contributed by atoms with Crippen LogP contribution in [0.2, 0.25) is 0 Å². The largest absolute Gasteiger partial charge is 0.326 e. The lowest BCUT2D eigenvalue weighted by Gasteiger charge is -2.02. The van der Waals surface area contributed by atoms with Crippen molar-refractivity contribution in [2.45, 2.75) is 17.3 Å². The normalized spacial score (nSPS) is 11.8. The Balaban J connectivity index is 2.08. The van der Waals surface area contributed by atoms with E-state index >= 15 is 0 Å². The van der Waals surface area contributed by atoms with Gasteiger partial charge in [0.25, 0.3) is 0 Å². The standard InChI is InChI=1S/C9H11N3O2S3/c10-3-7-1-2-9(16-7)17(13,14)12-5-8-4-11-6-15-8/h1-2,4,6,12H,3,5,10H2. The zero-order valence-electron chi connectivity index (χ0n) is 8.79. The van der Waals surface area contributed by atoms with Crippen LogP contribution in [0, 0.1) is 0 Å². The number of hydrogen-bond acceptors (Lipinski definition) is 6. The molecule has 17 heavy (non-hydrogen) atoms. The smallest absolute Gasteiger partial charge is 0.250 e. The van der Waals surface area contributed by atoms with E-state index in [9.17, 15) is 8.42 Å². The number of rotatable bonds is 5. The minimum Gasteiger partial charge on any atom is -0.326 e. The van der Waals surface area contributed by atoms with E-state index < -0.39 is 10.0 Å². The minimum absolute atomic E-state index is 0.267. The summed E-state index contributed by atoms with van der Waals surface area (Å²) in [6.07, 6.45) is 1.65. The van der Waals surface area contributed by atoms with Gasteiger partial charge in [-0.15, -0.1) is 22.7 Å². The maximum Gasteiger partial charge on any atom is 0.250 e. The van der Waals surface area contributed by atoms with E-state index in [1.165, 1.54) is 22.7 Å². The summed E-state index contributed by atoms with van der Waals surface area (Å²) in [6.45, 7) is 0.623. The molecular weight excluding hydrogens is 278 g/mol. The van der Waals surface area contributed by atoms with Crippen molar-refractivity contribution in [2.24, 2.45) is 5.73 Å². The molecule has 0 amide bonds. The van der Waals surface area contributed by atoms with Crippen LogP contribution in [0.1, 0.15) is 9.75 Å². The molecule has 0 saturated carbocycles. The third-order valence-electron chi connectivity index (χ3n) is 2.02. The zero-order valence-corrected chi connectivity index (χ0v) is 11.2. The van der Waals surface area contributed by atoms with Gasteiger partial charge in [-0.1, -0.05) is 0 Å². The quantitative estimate of drug-likeness (QED) is 0.864. The average Bonchev–Trinajstić information content (AvgIpc) is 2.98. The Morgan fingerprint density at radius 2 is 2.18 bits per heavy atom. The summed E-state index contributed by atoms with van der Waals surface area (Å²) < 4.78 is 26.6. The van der Waals surface area contributed by atoms with Crippen molar-refractivity contribution in [3.8, 4) is 0 Å². The van der Waals surface area contributed by atoms with Crippen LogP contribution >= 0.6 is 22.7 Å². The number of aromatic nitrogens is 1. The predicted molar refractivity (Wildman–Crippen MR) is 68.3 cm³/mol. The molecule has 0 atom stereocenters. The van der Waals surface area contributed by atoms with Crippen molar-refractivity contribution in [1.29, 1.82) is 0 Å². The van der Waals surface area contributed by atoms with Crippen LogP contribution in [0.25, 0.3) is 0 Å². The van der Waals surface area contributed by atoms with Crippen molar-refractivity contribution in [2.75, 3.05) is 0 Å². The molecule has 0 aromatic carbocycles. The number of nitrogens with zero attached hydrogens (tertiary/aromatic N) is 1. The number of nitrogens with two attached hydrogens (primary N) is 1. The summed E-state index contributed by atoms with van der Waals surface area (Å²) in [7, 11) is -3.43. The van der Waals surface area contributed by atoms with Gasteiger partial charge in [0, 0.05) is 29.0 Å². The van der Waals surface area contributed by atoms with Crippen LogP contribution < -0.4 is 10.5 Å². The highest BCUT2D eigenvalue weighted by molar-refractivity contribution is 7.91. The van der Waals surface area contributed by atoms with Crippen LogP contribution in [0.15, 0.2) is 28.0 Å². The molecule has 0 aliphatic carbocycles. The van der Waals surface area contributed by atoms with Gasteiger partial charge in [-0.05, 0) is 12.1 Å². The summed E-state index contributed by atoms with van der Waals surface area (Å²) in [5.74, 6) is 0. The fourth-order valence-electron chi connectivity index (χ4n) is 1.18. The maximum atomic E-state index is 11.9. The molecule has 2 aromatic heterocycles. The summed E-state index contributed by atoms with van der Waals surface area (Å²) in [4.78, 5) is 5.61. The number of thiophene rings is 1. The molecular formula is C9H11N3O2S3. The van der Waals surface area contributed by atoms with E-state index in [0.29, 0.717) is 10.8 Å². The Morgan fingerprint density at radius 1 is 1.35 bits per heavy atom. The molecule has 0 spiro atoms. The fourth-order valence-corrected chi connectivity index (χ4v) is 4.09. The molecule has 2 aromatic rings. The lowest BCUT2D eigenvalue weighted by molar-refractivity contribution is 0.584. The van der Waals surface area contributed by atoms with E-state index in [-0.39, 0.29) is 6.54 Å². The van der Waals surface area contributed by atoms with E-state index in [4.69, 9.17) is 5.73 Å². The van der Waals surface area contributed by atoms with Crippen molar-refractivity contribution < 1.29 is 8.42 Å². The molecule has 8 heteroatoms. The molecule has 0 unspecified atom stereocenters. The van der Waals surface area contributed by atoms with Crippen LogP contribution in [-0.4, -0.2) is 13.4 Å². The number of sulfonamides is 1. The topological polar surface area (TPSA) is 85.1 Å². The first-order valence-electron chi connectivity index (χ1n) is 4.77. The highest BCUT2D eigenvalue weighted by atomic mass is 32.2. The van der Waals surface area contributed by atoms with Crippen molar-refractivity contribution in [3.05, 3.63) is 33.6 Å². The molecule has 0 aliphatic rings. The molecule has 0 aliphatic heterocycles. The van der Waals surface area contributed by atoms with Gasteiger partial charge in [-0.2, -0.15) is 0 Å². The third kappa shape index (κ3) is 3.11. The second-order valence-corrected chi connectivity index (χ2v) is 7.35. The first-order valence-corrected chi connectivity index (χ1v) is 7.95. The number of nitrogens with one attached hydrogen (secondary N) is 1. The zero-order chi connectivity index (χ0) is 12.3. The molecule has 92 valence electrons. The maximum absolute atomic E-state index is 11.9. The SMILES string of the molecule is NCc1ccc(S(=O)(=O)NCc2cncs2)s1. The Kier molecular flexibility index (Phi) is 3.89. The van der Waals surface area contributed by atoms with Gasteiger partial charge < -0.3 is 5.73 Å². The van der Waals surface area contributed by atoms with Gasteiger partial charge in [0.05, 0.1) is 5.51 Å². The Bertz CT molecular complexity index is 574. The molecule has 0 bridgehead atoms. The molecule has 2 heterocycles. The Morgan fingerprint density at radius 3 is 2.76 bits per heavy atom. The molecule has 0 fully saturated rings. The van der Waals surface area contributed by atoms with Crippen molar-refractivity contribution >= 4 is 32.7 Å². The Hall–Kier alpha value is -0.800. The first kappa shape index (κ1) is 12.7. The lowest BCUT2D eigenvalue weighted by atomic mass is 10.5. The van der Waals surface area contributed by atoms with Crippen LogP contribution in [0.4, 0.5) is 0 Å². The summed E-state index contributed by atoms with van der Waals surface area (Å²) >= 11 is 2.60. The van der Waals surface area contributed by atoms with Gasteiger partial charge in [-0.3, -0.25) is 4.98 Å². The van der Waals surface area contributed by atoms with Crippen molar-refractivity contribution in [1.82, 2.24) is 9.71 Å². The van der Waals surface area contributed by atoms with Crippen LogP contribution in [-0.2, 0) is 23.1 Å². The van der Waals surface area contributed by atoms with Gasteiger partial charge >= 0.3 is 0 Å². The van der Waals surface area contributed by atoms with Crippen molar-refractivity contribution in [3.63, 3.8) is 0 Å². The number of thiazole rings is 1. The van der Waals surface area contributed by atoms with E-state index in [2.05, 4.69) is 9.71 Å². The van der Waals surface area contributed by atoms with Gasteiger partial charge in [0.1, 0.15) is 4.21 Å². The monoisotopic (exact) mass is 289 g/mol. The molecule has 0 saturated heterocycles. The van der Waals surface area contributed by atoms with Crippen LogP contribution in [0.5, 0.6) is 0 Å². The second kappa shape index (κ2) is 5.23.